The molecule has 0 bridgehead atoms. The molecule has 0 saturated carbocycles. The van der Waals surface area contributed by atoms with Crippen molar-refractivity contribution in [3.63, 3.8) is 0 Å². The summed E-state index contributed by atoms with van der Waals surface area (Å²) >= 11 is 0. The molecule has 5 nitrogen and oxygen atoms in total. The van der Waals surface area contributed by atoms with Crippen LogP contribution in [-0.2, 0) is 6.42 Å². The van der Waals surface area contributed by atoms with E-state index < -0.39 is 0 Å². The summed E-state index contributed by atoms with van der Waals surface area (Å²) in [4.78, 5) is 6.69. The number of H-pyrrole nitrogens is 1. The Kier molecular flexibility index (Phi) is 4.15. The van der Waals surface area contributed by atoms with Gasteiger partial charge in [-0.25, -0.2) is 4.39 Å². The number of nitrogens with two attached hydrogens (primary N) is 1. The van der Waals surface area contributed by atoms with Crippen LogP contribution in [0.15, 0.2) is 24.3 Å². The van der Waals surface area contributed by atoms with Gasteiger partial charge in [0.2, 0.25) is 5.95 Å². The zero-order valence-corrected chi connectivity index (χ0v) is 11.9. The van der Waals surface area contributed by atoms with Crippen LogP contribution in [0.3, 0.4) is 0 Å². The second kappa shape index (κ2) is 6.22. The molecule has 0 unspecified atom stereocenters. The van der Waals surface area contributed by atoms with E-state index >= 15 is 0 Å². The number of aromatic amines is 1. The lowest BCUT2D eigenvalue weighted by Gasteiger charge is -2.30. The zero-order chi connectivity index (χ0) is 14.7. The van der Waals surface area contributed by atoms with Gasteiger partial charge in [-0.1, -0.05) is 12.1 Å². The van der Waals surface area contributed by atoms with Gasteiger partial charge in [0.1, 0.15) is 11.6 Å². The summed E-state index contributed by atoms with van der Waals surface area (Å²) in [6.45, 7) is 2.64. The SMILES string of the molecule is NCC1CCN(c2n[nH]c(Cc3cccc(F)c3)n2)CC1. The minimum Gasteiger partial charge on any atom is -0.340 e. The summed E-state index contributed by atoms with van der Waals surface area (Å²) in [7, 11) is 0. The Balaban J connectivity index is 1.64. The standard InChI is InChI=1S/C15H20FN5/c16-13-3-1-2-12(8-13)9-14-18-15(20-19-14)21-6-4-11(10-17)5-7-21/h1-3,8,11H,4-7,9-10,17H2,(H,18,19,20). The first kappa shape index (κ1) is 14.0. The van der Waals surface area contributed by atoms with Crippen LogP contribution in [0.25, 0.3) is 0 Å². The van der Waals surface area contributed by atoms with Crippen molar-refractivity contribution in [2.45, 2.75) is 19.3 Å². The first-order valence-corrected chi connectivity index (χ1v) is 7.35. The Morgan fingerprint density at radius 3 is 2.86 bits per heavy atom. The predicted molar refractivity (Wildman–Crippen MR) is 79.6 cm³/mol. The van der Waals surface area contributed by atoms with Gasteiger partial charge in [-0.05, 0) is 43.0 Å². The van der Waals surface area contributed by atoms with E-state index in [-0.39, 0.29) is 5.82 Å². The second-order valence-corrected chi connectivity index (χ2v) is 5.55. The zero-order valence-electron chi connectivity index (χ0n) is 11.9. The number of piperidine rings is 1. The highest BCUT2D eigenvalue weighted by atomic mass is 19.1. The number of halogens is 1. The molecule has 21 heavy (non-hydrogen) atoms. The molecule has 112 valence electrons. The topological polar surface area (TPSA) is 70.8 Å². The highest BCUT2D eigenvalue weighted by Crippen LogP contribution is 2.20. The Hall–Kier alpha value is -1.95. The Morgan fingerprint density at radius 1 is 1.33 bits per heavy atom. The third-order valence-electron chi connectivity index (χ3n) is 4.01. The summed E-state index contributed by atoms with van der Waals surface area (Å²) in [6, 6.07) is 6.56. The average Bonchev–Trinajstić information content (AvgIpc) is 2.96. The molecule has 2 aromatic rings. The third kappa shape index (κ3) is 3.39. The van der Waals surface area contributed by atoms with Crippen molar-refractivity contribution in [1.29, 1.82) is 0 Å². The van der Waals surface area contributed by atoms with Crippen LogP contribution >= 0.6 is 0 Å². The fourth-order valence-corrected chi connectivity index (χ4v) is 2.71. The molecule has 1 fully saturated rings. The van der Waals surface area contributed by atoms with E-state index in [0.29, 0.717) is 12.3 Å². The number of benzene rings is 1. The normalized spacial score (nSPS) is 16.4. The minimum atomic E-state index is -0.226. The van der Waals surface area contributed by atoms with E-state index in [2.05, 4.69) is 20.1 Å². The molecule has 0 amide bonds. The molecular formula is C15H20FN5. The highest BCUT2D eigenvalue weighted by molar-refractivity contribution is 5.30. The maximum atomic E-state index is 13.2. The molecule has 1 aliphatic heterocycles. The molecule has 0 aliphatic carbocycles. The number of hydrogen-bond donors (Lipinski definition) is 2. The number of rotatable bonds is 4. The van der Waals surface area contributed by atoms with E-state index in [0.717, 1.165) is 49.8 Å². The lowest BCUT2D eigenvalue weighted by atomic mass is 9.97. The van der Waals surface area contributed by atoms with Crippen molar-refractivity contribution in [1.82, 2.24) is 15.2 Å². The molecule has 2 heterocycles. The van der Waals surface area contributed by atoms with E-state index in [1.807, 2.05) is 6.07 Å². The van der Waals surface area contributed by atoms with Gasteiger partial charge in [0, 0.05) is 19.5 Å². The van der Waals surface area contributed by atoms with Gasteiger partial charge in [0.05, 0.1) is 0 Å². The smallest absolute Gasteiger partial charge is 0.244 e. The molecule has 0 spiro atoms. The van der Waals surface area contributed by atoms with E-state index in [1.165, 1.54) is 12.1 Å². The molecule has 3 N–H and O–H groups in total. The predicted octanol–water partition coefficient (Wildman–Crippen LogP) is 1.71. The number of anilines is 1. The van der Waals surface area contributed by atoms with Crippen molar-refractivity contribution in [2.24, 2.45) is 11.7 Å². The summed E-state index contributed by atoms with van der Waals surface area (Å²) in [5.74, 6) is 1.89. The third-order valence-corrected chi connectivity index (χ3v) is 4.01. The summed E-state index contributed by atoms with van der Waals surface area (Å²) in [5, 5.41) is 7.22. The molecule has 1 aromatic carbocycles. The van der Waals surface area contributed by atoms with E-state index in [1.54, 1.807) is 6.07 Å². The Morgan fingerprint density at radius 2 is 2.14 bits per heavy atom. The van der Waals surface area contributed by atoms with Crippen LogP contribution in [-0.4, -0.2) is 34.8 Å². The lowest BCUT2D eigenvalue weighted by Crippen LogP contribution is -2.36. The molecule has 1 saturated heterocycles. The maximum absolute atomic E-state index is 13.2. The van der Waals surface area contributed by atoms with Gasteiger partial charge in [0.25, 0.3) is 0 Å². The average molecular weight is 289 g/mol. The van der Waals surface area contributed by atoms with Gasteiger partial charge < -0.3 is 10.6 Å². The van der Waals surface area contributed by atoms with Crippen LogP contribution in [0.5, 0.6) is 0 Å². The number of aromatic nitrogens is 3. The Bertz CT molecular complexity index is 589. The van der Waals surface area contributed by atoms with Crippen molar-refractivity contribution in [2.75, 3.05) is 24.5 Å². The summed E-state index contributed by atoms with van der Waals surface area (Å²) in [5.41, 5.74) is 6.59. The number of hydrogen-bond acceptors (Lipinski definition) is 4. The van der Waals surface area contributed by atoms with Gasteiger partial charge in [-0.2, -0.15) is 4.98 Å². The number of nitrogens with one attached hydrogen (secondary N) is 1. The van der Waals surface area contributed by atoms with Gasteiger partial charge in [-0.3, -0.25) is 5.10 Å². The van der Waals surface area contributed by atoms with E-state index in [9.17, 15) is 4.39 Å². The van der Waals surface area contributed by atoms with Crippen LogP contribution in [0.2, 0.25) is 0 Å². The summed E-state index contributed by atoms with van der Waals surface area (Å²) < 4.78 is 13.2. The monoisotopic (exact) mass is 289 g/mol. The van der Waals surface area contributed by atoms with Crippen LogP contribution in [0.4, 0.5) is 10.3 Å². The number of nitrogens with zero attached hydrogens (tertiary/aromatic N) is 3. The lowest BCUT2D eigenvalue weighted by molar-refractivity contribution is 0.411. The molecule has 1 aromatic heterocycles. The fourth-order valence-electron chi connectivity index (χ4n) is 2.71. The van der Waals surface area contributed by atoms with Gasteiger partial charge >= 0.3 is 0 Å². The van der Waals surface area contributed by atoms with Crippen molar-refractivity contribution in [3.8, 4) is 0 Å². The first-order valence-electron chi connectivity index (χ1n) is 7.35. The quantitative estimate of drug-likeness (QED) is 0.899. The van der Waals surface area contributed by atoms with Crippen molar-refractivity contribution >= 4 is 5.95 Å². The van der Waals surface area contributed by atoms with Gasteiger partial charge in [-0.15, -0.1) is 5.10 Å². The largest absolute Gasteiger partial charge is 0.340 e. The molecule has 0 atom stereocenters. The second-order valence-electron chi connectivity index (χ2n) is 5.55. The molecule has 1 aliphatic rings. The van der Waals surface area contributed by atoms with Crippen molar-refractivity contribution < 1.29 is 4.39 Å². The fraction of sp³-hybridized carbons (Fsp3) is 0.467. The molecule has 0 radical (unpaired) electrons. The molecular weight excluding hydrogens is 269 g/mol. The minimum absolute atomic E-state index is 0.226. The van der Waals surface area contributed by atoms with Crippen molar-refractivity contribution in [3.05, 3.63) is 41.5 Å². The highest BCUT2D eigenvalue weighted by Gasteiger charge is 2.20. The van der Waals surface area contributed by atoms with Gasteiger partial charge in [0.15, 0.2) is 0 Å². The Labute approximate surface area is 123 Å². The summed E-state index contributed by atoms with van der Waals surface area (Å²) in [6.07, 6.45) is 2.73. The van der Waals surface area contributed by atoms with Crippen LogP contribution in [0, 0.1) is 11.7 Å². The molecule has 6 heteroatoms. The maximum Gasteiger partial charge on any atom is 0.244 e. The van der Waals surface area contributed by atoms with Crippen LogP contribution in [0.1, 0.15) is 24.2 Å². The molecule has 3 rings (SSSR count). The first-order chi connectivity index (χ1) is 10.2. The van der Waals surface area contributed by atoms with Crippen LogP contribution < -0.4 is 10.6 Å². The van der Waals surface area contributed by atoms with E-state index in [4.69, 9.17) is 5.73 Å².